The van der Waals surface area contributed by atoms with Gasteiger partial charge in [0.25, 0.3) is 11.8 Å². The summed E-state index contributed by atoms with van der Waals surface area (Å²) in [5.74, 6) is -1.90. The normalized spacial score (nSPS) is 10.6. The van der Waals surface area contributed by atoms with Crippen LogP contribution in [-0.4, -0.2) is 21.8 Å². The summed E-state index contributed by atoms with van der Waals surface area (Å²) in [7, 11) is 0. The van der Waals surface area contributed by atoms with Crippen LogP contribution in [0.4, 0.5) is 20.2 Å². The Bertz CT molecular complexity index is 1600. The van der Waals surface area contributed by atoms with E-state index in [1.54, 1.807) is 54.6 Å². The molecule has 3 aromatic carbocycles. The number of pyridine rings is 1. The summed E-state index contributed by atoms with van der Waals surface area (Å²) in [4.78, 5) is 34.0. The summed E-state index contributed by atoms with van der Waals surface area (Å²) in [6.45, 7) is 0. The van der Waals surface area contributed by atoms with E-state index in [4.69, 9.17) is 4.42 Å². The molecular formula is C28H18F2N4O3. The predicted molar refractivity (Wildman–Crippen MR) is 134 cm³/mol. The minimum absolute atomic E-state index is 0.0449. The summed E-state index contributed by atoms with van der Waals surface area (Å²) in [6.07, 6.45) is 2.85. The Kier molecular flexibility index (Phi) is 6.50. The number of carbonyl (C=O) groups is 2. The molecule has 0 spiro atoms. The fourth-order valence-corrected chi connectivity index (χ4v) is 3.65. The SMILES string of the molecule is O=C(Nc1ccc(F)cc1NC(=O)c1ccccc1-c1ncc(-c2ccccc2F)o1)c1ccccn1. The average molecular weight is 496 g/mol. The molecule has 0 saturated heterocycles. The minimum atomic E-state index is -0.610. The number of aromatic nitrogens is 2. The zero-order valence-electron chi connectivity index (χ0n) is 19.1. The first kappa shape index (κ1) is 23.6. The predicted octanol–water partition coefficient (Wildman–Crippen LogP) is 6.19. The van der Waals surface area contributed by atoms with E-state index in [1.807, 2.05) is 0 Å². The number of halogens is 2. The van der Waals surface area contributed by atoms with E-state index in [1.165, 1.54) is 30.6 Å². The summed E-state index contributed by atoms with van der Waals surface area (Å²) >= 11 is 0. The van der Waals surface area contributed by atoms with Gasteiger partial charge in [-0.05, 0) is 54.6 Å². The van der Waals surface area contributed by atoms with Crippen LogP contribution in [0, 0.1) is 11.6 Å². The Morgan fingerprint density at radius 3 is 2.24 bits per heavy atom. The second-order valence-electron chi connectivity index (χ2n) is 7.87. The molecule has 0 aliphatic rings. The molecule has 2 heterocycles. The van der Waals surface area contributed by atoms with Crippen molar-refractivity contribution in [2.45, 2.75) is 0 Å². The molecular weight excluding hydrogens is 478 g/mol. The number of nitrogens with one attached hydrogen (secondary N) is 2. The lowest BCUT2D eigenvalue weighted by molar-refractivity contribution is 0.101. The third-order valence-corrected chi connectivity index (χ3v) is 5.42. The summed E-state index contributed by atoms with van der Waals surface area (Å²) < 4.78 is 34.0. The lowest BCUT2D eigenvalue weighted by Crippen LogP contribution is -2.18. The number of carbonyl (C=O) groups excluding carboxylic acids is 2. The maximum absolute atomic E-state index is 14.2. The van der Waals surface area contributed by atoms with Gasteiger partial charge in [-0.2, -0.15) is 0 Å². The number of benzene rings is 3. The highest BCUT2D eigenvalue weighted by atomic mass is 19.1. The molecule has 0 aliphatic carbocycles. The third kappa shape index (κ3) is 5.10. The molecule has 5 aromatic rings. The van der Waals surface area contributed by atoms with Gasteiger partial charge < -0.3 is 15.1 Å². The quantitative estimate of drug-likeness (QED) is 0.292. The van der Waals surface area contributed by atoms with Gasteiger partial charge in [-0.1, -0.05) is 30.3 Å². The molecule has 2 N–H and O–H groups in total. The van der Waals surface area contributed by atoms with Crippen LogP contribution >= 0.6 is 0 Å². The summed E-state index contributed by atoms with van der Waals surface area (Å²) in [5, 5.41) is 5.27. The number of anilines is 2. The van der Waals surface area contributed by atoms with Crippen molar-refractivity contribution in [2.24, 2.45) is 0 Å². The van der Waals surface area contributed by atoms with Gasteiger partial charge in [0.15, 0.2) is 5.76 Å². The second kappa shape index (κ2) is 10.2. The highest BCUT2D eigenvalue weighted by molar-refractivity contribution is 6.11. The van der Waals surface area contributed by atoms with E-state index >= 15 is 0 Å². The van der Waals surface area contributed by atoms with Gasteiger partial charge in [0, 0.05) is 11.8 Å². The first-order valence-electron chi connectivity index (χ1n) is 11.1. The lowest BCUT2D eigenvalue weighted by atomic mass is 10.1. The summed E-state index contributed by atoms with van der Waals surface area (Å²) in [5.41, 5.74) is 1.14. The first-order valence-corrected chi connectivity index (χ1v) is 11.1. The van der Waals surface area contributed by atoms with Crippen LogP contribution in [0.3, 0.4) is 0 Å². The maximum atomic E-state index is 14.2. The van der Waals surface area contributed by atoms with Gasteiger partial charge in [0.1, 0.15) is 17.3 Å². The Morgan fingerprint density at radius 1 is 0.730 bits per heavy atom. The molecule has 0 atom stereocenters. The number of hydrogen-bond acceptors (Lipinski definition) is 5. The largest absolute Gasteiger partial charge is 0.436 e. The second-order valence-corrected chi connectivity index (χ2v) is 7.87. The van der Waals surface area contributed by atoms with Crippen LogP contribution in [-0.2, 0) is 0 Å². The van der Waals surface area contributed by atoms with Gasteiger partial charge in [-0.3, -0.25) is 14.6 Å². The van der Waals surface area contributed by atoms with Crippen molar-refractivity contribution in [1.29, 1.82) is 0 Å². The van der Waals surface area contributed by atoms with Crippen molar-refractivity contribution in [2.75, 3.05) is 10.6 Å². The van der Waals surface area contributed by atoms with E-state index in [0.29, 0.717) is 5.56 Å². The van der Waals surface area contributed by atoms with Gasteiger partial charge >= 0.3 is 0 Å². The zero-order valence-corrected chi connectivity index (χ0v) is 19.1. The average Bonchev–Trinajstić information content (AvgIpc) is 3.41. The number of hydrogen-bond donors (Lipinski definition) is 2. The Hall–Kier alpha value is -5.18. The number of amides is 2. The molecule has 7 nitrogen and oxygen atoms in total. The molecule has 2 aromatic heterocycles. The van der Waals surface area contributed by atoms with Crippen LogP contribution in [0.1, 0.15) is 20.8 Å². The van der Waals surface area contributed by atoms with E-state index in [9.17, 15) is 18.4 Å². The molecule has 0 aliphatic heterocycles. The number of nitrogens with zero attached hydrogens (tertiary/aromatic N) is 2. The molecule has 37 heavy (non-hydrogen) atoms. The summed E-state index contributed by atoms with van der Waals surface area (Å²) in [6, 6.07) is 21.1. The maximum Gasteiger partial charge on any atom is 0.274 e. The van der Waals surface area contributed by atoms with E-state index in [0.717, 1.165) is 12.1 Å². The fourth-order valence-electron chi connectivity index (χ4n) is 3.65. The number of oxazole rings is 1. The minimum Gasteiger partial charge on any atom is -0.436 e. The first-order chi connectivity index (χ1) is 18.0. The Morgan fingerprint density at radius 2 is 1.46 bits per heavy atom. The van der Waals surface area contributed by atoms with E-state index in [2.05, 4.69) is 20.6 Å². The van der Waals surface area contributed by atoms with Gasteiger partial charge in [-0.15, -0.1) is 0 Å². The smallest absolute Gasteiger partial charge is 0.274 e. The van der Waals surface area contributed by atoms with Crippen LogP contribution in [0.2, 0.25) is 0 Å². The molecule has 0 fully saturated rings. The van der Waals surface area contributed by atoms with Crippen molar-refractivity contribution in [3.8, 4) is 22.8 Å². The molecule has 0 saturated carbocycles. The van der Waals surface area contributed by atoms with Crippen molar-refractivity contribution in [3.63, 3.8) is 0 Å². The van der Waals surface area contributed by atoms with Crippen LogP contribution < -0.4 is 10.6 Å². The number of rotatable bonds is 6. The van der Waals surface area contributed by atoms with Gasteiger partial charge in [0.2, 0.25) is 5.89 Å². The Balaban J connectivity index is 1.43. The Labute approximate surface area is 209 Å². The molecule has 182 valence electrons. The zero-order chi connectivity index (χ0) is 25.8. The van der Waals surface area contributed by atoms with E-state index < -0.39 is 23.4 Å². The molecule has 0 bridgehead atoms. The van der Waals surface area contributed by atoms with Crippen LogP contribution in [0.15, 0.2) is 102 Å². The van der Waals surface area contributed by atoms with Crippen LogP contribution in [0.5, 0.6) is 0 Å². The molecule has 2 amide bonds. The molecule has 0 unspecified atom stereocenters. The van der Waals surface area contributed by atoms with E-state index in [-0.39, 0.29) is 39.8 Å². The van der Waals surface area contributed by atoms with Crippen molar-refractivity contribution in [1.82, 2.24) is 9.97 Å². The third-order valence-electron chi connectivity index (χ3n) is 5.42. The van der Waals surface area contributed by atoms with Crippen molar-refractivity contribution in [3.05, 3.63) is 120 Å². The lowest BCUT2D eigenvalue weighted by Gasteiger charge is -2.13. The molecule has 5 rings (SSSR count). The highest BCUT2D eigenvalue weighted by Crippen LogP contribution is 2.31. The fraction of sp³-hybridized carbons (Fsp3) is 0. The highest BCUT2D eigenvalue weighted by Gasteiger charge is 2.20. The standard InChI is InChI=1S/C28H18F2N4O3/c29-17-12-13-22(33-27(36)23-11-5-6-14-31-23)24(15-17)34-26(35)18-7-1-2-8-19(18)28-32-16-25(37-28)20-9-3-4-10-21(20)30/h1-16H,(H,33,36)(H,34,35). The topological polar surface area (TPSA) is 97.1 Å². The van der Waals surface area contributed by atoms with Gasteiger partial charge in [-0.25, -0.2) is 13.8 Å². The van der Waals surface area contributed by atoms with Crippen molar-refractivity contribution >= 4 is 23.2 Å². The van der Waals surface area contributed by atoms with Crippen molar-refractivity contribution < 1.29 is 22.8 Å². The molecule has 9 heteroatoms. The molecule has 0 radical (unpaired) electrons. The van der Waals surface area contributed by atoms with Crippen LogP contribution in [0.25, 0.3) is 22.8 Å². The monoisotopic (exact) mass is 496 g/mol. The van der Waals surface area contributed by atoms with Gasteiger partial charge in [0.05, 0.1) is 28.7 Å².